The largest absolute Gasteiger partial charge is 0.343 e. The first-order chi connectivity index (χ1) is 8.76. The molecule has 1 fully saturated rings. The lowest BCUT2D eigenvalue weighted by molar-refractivity contribution is 0.988. The normalized spacial score (nSPS) is 14.7. The second kappa shape index (κ2) is 4.86. The maximum Gasteiger partial charge on any atom is 0.139 e. The Kier molecular flexibility index (Phi) is 3.22. The molecule has 1 aliphatic rings. The summed E-state index contributed by atoms with van der Waals surface area (Å²) < 4.78 is 0.680. The van der Waals surface area contributed by atoms with E-state index in [2.05, 4.69) is 40.5 Å². The van der Waals surface area contributed by atoms with E-state index in [4.69, 9.17) is 12.2 Å². The molecule has 1 N–H and O–H groups in total. The number of benzene rings is 1. The van der Waals surface area contributed by atoms with E-state index < -0.39 is 0 Å². The van der Waals surface area contributed by atoms with Crippen molar-refractivity contribution in [3.05, 3.63) is 40.7 Å². The Morgan fingerprint density at radius 3 is 2.61 bits per heavy atom. The van der Waals surface area contributed by atoms with Crippen LogP contribution in [0.2, 0.25) is 0 Å². The molecule has 1 heterocycles. The van der Waals surface area contributed by atoms with Gasteiger partial charge >= 0.3 is 0 Å². The van der Waals surface area contributed by atoms with Gasteiger partial charge in [-0.25, -0.2) is 4.98 Å². The number of nitrogens with one attached hydrogen (secondary N) is 1. The molecule has 0 amide bonds. The first kappa shape index (κ1) is 11.9. The maximum atomic E-state index is 5.25. The van der Waals surface area contributed by atoms with Crippen molar-refractivity contribution in [2.75, 3.05) is 6.26 Å². The van der Waals surface area contributed by atoms with E-state index in [9.17, 15) is 0 Å². The van der Waals surface area contributed by atoms with Gasteiger partial charge in [0.05, 0.1) is 0 Å². The van der Waals surface area contributed by atoms with Crippen LogP contribution in [0.5, 0.6) is 0 Å². The van der Waals surface area contributed by atoms with E-state index in [-0.39, 0.29) is 0 Å². The van der Waals surface area contributed by atoms with Crippen molar-refractivity contribution in [1.82, 2.24) is 9.97 Å². The standard InChI is InChI=1S/C14H14N2S2/c1-18-11-6-4-10(5-7-11)14-15-12(9-2-3-9)8-13(17)16-14/h4-9H,2-3H2,1H3,(H,15,16,17). The van der Waals surface area contributed by atoms with E-state index in [1.54, 1.807) is 11.8 Å². The molecule has 18 heavy (non-hydrogen) atoms. The van der Waals surface area contributed by atoms with Crippen LogP contribution >= 0.6 is 24.0 Å². The number of rotatable bonds is 3. The molecular weight excluding hydrogens is 260 g/mol. The van der Waals surface area contributed by atoms with Gasteiger partial charge in [-0.2, -0.15) is 0 Å². The zero-order valence-electron chi connectivity index (χ0n) is 10.1. The van der Waals surface area contributed by atoms with Crippen LogP contribution in [-0.2, 0) is 0 Å². The minimum atomic E-state index is 0.666. The van der Waals surface area contributed by atoms with Crippen molar-refractivity contribution < 1.29 is 0 Å². The van der Waals surface area contributed by atoms with E-state index in [0.29, 0.717) is 10.6 Å². The van der Waals surface area contributed by atoms with E-state index >= 15 is 0 Å². The van der Waals surface area contributed by atoms with Crippen LogP contribution in [0.15, 0.2) is 35.2 Å². The second-order valence-electron chi connectivity index (χ2n) is 4.53. The number of aromatic nitrogens is 2. The summed E-state index contributed by atoms with van der Waals surface area (Å²) in [6.07, 6.45) is 4.61. The van der Waals surface area contributed by atoms with Crippen LogP contribution in [0.3, 0.4) is 0 Å². The Balaban J connectivity index is 2.01. The highest BCUT2D eigenvalue weighted by Gasteiger charge is 2.24. The monoisotopic (exact) mass is 274 g/mol. The molecule has 0 atom stereocenters. The fourth-order valence-corrected chi connectivity index (χ4v) is 2.60. The Labute approximate surface area is 116 Å². The van der Waals surface area contributed by atoms with Gasteiger partial charge in [0.1, 0.15) is 10.5 Å². The Morgan fingerprint density at radius 1 is 1.28 bits per heavy atom. The summed E-state index contributed by atoms with van der Waals surface area (Å²) in [7, 11) is 0. The lowest BCUT2D eigenvalue weighted by Gasteiger charge is -2.05. The topological polar surface area (TPSA) is 28.7 Å². The first-order valence-electron chi connectivity index (χ1n) is 6.02. The van der Waals surface area contributed by atoms with Crippen LogP contribution < -0.4 is 0 Å². The van der Waals surface area contributed by atoms with Crippen LogP contribution in [0.4, 0.5) is 0 Å². The van der Waals surface area contributed by atoms with Gasteiger partial charge in [-0.1, -0.05) is 24.4 Å². The molecule has 0 spiro atoms. The number of hydrogen-bond acceptors (Lipinski definition) is 3. The molecule has 1 aliphatic carbocycles. The zero-order chi connectivity index (χ0) is 12.5. The SMILES string of the molecule is CSc1ccc(-c2nc(=S)cc(C3CC3)[nH]2)cc1. The second-order valence-corrected chi connectivity index (χ2v) is 5.82. The quantitative estimate of drug-likeness (QED) is 0.664. The molecule has 1 saturated carbocycles. The molecule has 0 radical (unpaired) electrons. The predicted molar refractivity (Wildman–Crippen MR) is 78.6 cm³/mol. The highest BCUT2D eigenvalue weighted by molar-refractivity contribution is 7.98. The number of thioether (sulfide) groups is 1. The molecule has 2 nitrogen and oxygen atoms in total. The molecule has 0 aliphatic heterocycles. The van der Waals surface area contributed by atoms with Gasteiger partial charge in [0, 0.05) is 16.2 Å². The number of nitrogens with zero attached hydrogens (tertiary/aromatic N) is 1. The van der Waals surface area contributed by atoms with Crippen molar-refractivity contribution in [2.24, 2.45) is 0 Å². The molecule has 92 valence electrons. The Morgan fingerprint density at radius 2 is 2.00 bits per heavy atom. The number of hydrogen-bond donors (Lipinski definition) is 1. The number of aromatic amines is 1. The lowest BCUT2D eigenvalue weighted by Crippen LogP contribution is -1.94. The van der Waals surface area contributed by atoms with Gasteiger partial charge in [-0.15, -0.1) is 11.8 Å². The van der Waals surface area contributed by atoms with Crippen molar-refractivity contribution in [3.63, 3.8) is 0 Å². The van der Waals surface area contributed by atoms with Crippen LogP contribution in [-0.4, -0.2) is 16.2 Å². The third-order valence-electron chi connectivity index (χ3n) is 3.14. The average molecular weight is 274 g/mol. The van der Waals surface area contributed by atoms with Gasteiger partial charge in [-0.05, 0) is 43.2 Å². The lowest BCUT2D eigenvalue weighted by atomic mass is 10.2. The highest BCUT2D eigenvalue weighted by atomic mass is 32.2. The van der Waals surface area contributed by atoms with Crippen molar-refractivity contribution in [2.45, 2.75) is 23.7 Å². The minimum absolute atomic E-state index is 0.666. The van der Waals surface area contributed by atoms with Crippen molar-refractivity contribution >= 4 is 24.0 Å². The molecule has 0 saturated heterocycles. The smallest absolute Gasteiger partial charge is 0.139 e. The van der Waals surface area contributed by atoms with Crippen molar-refractivity contribution in [3.8, 4) is 11.4 Å². The predicted octanol–water partition coefficient (Wildman–Crippen LogP) is 4.41. The van der Waals surface area contributed by atoms with E-state index in [1.165, 1.54) is 23.4 Å². The third kappa shape index (κ3) is 2.49. The van der Waals surface area contributed by atoms with Crippen LogP contribution in [0.1, 0.15) is 24.5 Å². The van der Waals surface area contributed by atoms with E-state index in [1.807, 2.05) is 6.07 Å². The van der Waals surface area contributed by atoms with Gasteiger partial charge in [0.2, 0.25) is 0 Å². The van der Waals surface area contributed by atoms with Crippen LogP contribution in [0, 0.1) is 4.64 Å². The number of H-pyrrole nitrogens is 1. The molecule has 0 bridgehead atoms. The Hall–Kier alpha value is -1.13. The van der Waals surface area contributed by atoms with Gasteiger partial charge in [0.25, 0.3) is 0 Å². The summed E-state index contributed by atoms with van der Waals surface area (Å²) in [5, 5.41) is 0. The summed E-state index contributed by atoms with van der Waals surface area (Å²) in [5.41, 5.74) is 2.33. The van der Waals surface area contributed by atoms with E-state index in [0.717, 1.165) is 11.4 Å². The summed E-state index contributed by atoms with van der Waals surface area (Å²) in [4.78, 5) is 9.10. The highest BCUT2D eigenvalue weighted by Crippen LogP contribution is 2.39. The average Bonchev–Trinajstić information content (AvgIpc) is 3.22. The fraction of sp³-hybridized carbons (Fsp3) is 0.286. The van der Waals surface area contributed by atoms with Gasteiger partial charge in [-0.3, -0.25) is 0 Å². The molecule has 1 aromatic heterocycles. The molecule has 4 heteroatoms. The zero-order valence-corrected chi connectivity index (χ0v) is 11.8. The van der Waals surface area contributed by atoms with Gasteiger partial charge < -0.3 is 4.98 Å². The molecule has 1 aromatic carbocycles. The minimum Gasteiger partial charge on any atom is -0.343 e. The summed E-state index contributed by atoms with van der Waals surface area (Å²) >= 11 is 6.99. The fourth-order valence-electron chi connectivity index (χ4n) is 1.98. The molecule has 0 unspecified atom stereocenters. The first-order valence-corrected chi connectivity index (χ1v) is 7.65. The van der Waals surface area contributed by atoms with Crippen molar-refractivity contribution in [1.29, 1.82) is 0 Å². The Bertz CT molecular complexity index is 612. The van der Waals surface area contributed by atoms with Gasteiger partial charge in [0.15, 0.2) is 0 Å². The summed E-state index contributed by atoms with van der Waals surface area (Å²) in [6, 6.07) is 10.4. The molecular formula is C14H14N2S2. The third-order valence-corrected chi connectivity index (χ3v) is 4.10. The van der Waals surface area contributed by atoms with Crippen LogP contribution in [0.25, 0.3) is 11.4 Å². The summed E-state index contributed by atoms with van der Waals surface area (Å²) in [5.74, 6) is 1.55. The maximum absolute atomic E-state index is 5.25. The summed E-state index contributed by atoms with van der Waals surface area (Å²) in [6.45, 7) is 0. The molecule has 2 aromatic rings. The molecule has 3 rings (SSSR count).